The van der Waals surface area contributed by atoms with Crippen LogP contribution in [-0.2, 0) is 11.2 Å². The summed E-state index contributed by atoms with van der Waals surface area (Å²) in [5, 5.41) is 15.2. The van der Waals surface area contributed by atoms with Crippen LogP contribution in [0.25, 0.3) is 11.4 Å². The first-order valence-electron chi connectivity index (χ1n) is 12.5. The van der Waals surface area contributed by atoms with E-state index in [0.717, 1.165) is 42.1 Å². The van der Waals surface area contributed by atoms with E-state index < -0.39 is 0 Å². The molecule has 2 aliphatic rings. The molecule has 0 saturated carbocycles. The predicted octanol–water partition coefficient (Wildman–Crippen LogP) is 3.73. The lowest BCUT2D eigenvalue weighted by Crippen LogP contribution is -2.46. The second kappa shape index (κ2) is 11.0. The van der Waals surface area contributed by atoms with Gasteiger partial charge in [-0.15, -0.1) is 0 Å². The Morgan fingerprint density at radius 1 is 1.26 bits per heavy atom. The van der Waals surface area contributed by atoms with Gasteiger partial charge in [0.05, 0.1) is 43.5 Å². The number of amides is 2. The third-order valence-electron chi connectivity index (χ3n) is 6.68. The van der Waals surface area contributed by atoms with Crippen LogP contribution in [0.1, 0.15) is 51.4 Å². The topological polar surface area (TPSA) is 106 Å². The molecule has 2 atom stereocenters. The van der Waals surface area contributed by atoms with E-state index in [9.17, 15) is 10.1 Å². The molecule has 1 aromatic carbocycles. The molecule has 0 spiro atoms. The number of aromatic nitrogens is 2. The van der Waals surface area contributed by atoms with Gasteiger partial charge in [-0.25, -0.2) is 14.8 Å². The third-order valence-corrected chi connectivity index (χ3v) is 6.68. The number of carbonyl (C=O) groups excluding carboxylic acids is 1. The standard InChI is InChI=1S/C26H35N7O2/c1-5-28-26(34)29-20-8-6-19(7-9-20)24-30-23-21(11-13-32(17(2)3)22(23)10-12-27)25(31-24)33-14-15-35-16-18(33)4/h6-9,17-18,22H,5,10-11,13-16H2,1-4H3,(H2,28,29,34)/t18-,22?/m0/s1. The van der Waals surface area contributed by atoms with Gasteiger partial charge in [-0.05, 0) is 58.4 Å². The number of benzene rings is 1. The van der Waals surface area contributed by atoms with E-state index in [4.69, 9.17) is 14.7 Å². The molecule has 0 radical (unpaired) electrons. The van der Waals surface area contributed by atoms with Crippen LogP contribution in [0.15, 0.2) is 24.3 Å². The Hall–Kier alpha value is -3.22. The summed E-state index contributed by atoms with van der Waals surface area (Å²) in [6.07, 6.45) is 1.24. The van der Waals surface area contributed by atoms with Crippen LogP contribution in [0.2, 0.25) is 0 Å². The highest BCUT2D eigenvalue weighted by atomic mass is 16.5. The number of nitrogens with one attached hydrogen (secondary N) is 2. The van der Waals surface area contributed by atoms with E-state index in [-0.39, 0.29) is 18.1 Å². The number of fused-ring (bicyclic) bond motifs is 1. The number of nitrogens with zero attached hydrogens (tertiary/aromatic N) is 5. The van der Waals surface area contributed by atoms with E-state index in [1.54, 1.807) is 0 Å². The summed E-state index contributed by atoms with van der Waals surface area (Å²) in [5.74, 6) is 1.59. The first-order chi connectivity index (χ1) is 16.9. The normalized spacial score (nSPS) is 20.3. The lowest BCUT2D eigenvalue weighted by molar-refractivity contribution is 0.0980. The van der Waals surface area contributed by atoms with Crippen molar-refractivity contribution in [1.82, 2.24) is 20.2 Å². The van der Waals surface area contributed by atoms with Gasteiger partial charge in [0.15, 0.2) is 5.82 Å². The fourth-order valence-corrected chi connectivity index (χ4v) is 4.92. The van der Waals surface area contributed by atoms with Gasteiger partial charge in [0.2, 0.25) is 0 Å². The van der Waals surface area contributed by atoms with E-state index in [1.165, 1.54) is 0 Å². The number of hydrogen-bond donors (Lipinski definition) is 2. The molecule has 3 heterocycles. The molecule has 4 rings (SSSR count). The number of urea groups is 1. The Morgan fingerprint density at radius 2 is 2.03 bits per heavy atom. The number of rotatable bonds is 6. The highest BCUT2D eigenvalue weighted by molar-refractivity contribution is 5.89. The maximum Gasteiger partial charge on any atom is 0.319 e. The van der Waals surface area contributed by atoms with Crippen molar-refractivity contribution >= 4 is 17.5 Å². The molecule has 2 N–H and O–H groups in total. The molecule has 1 unspecified atom stereocenters. The molecule has 2 aromatic rings. The van der Waals surface area contributed by atoms with Gasteiger partial charge in [0, 0.05) is 42.5 Å². The summed E-state index contributed by atoms with van der Waals surface area (Å²) in [6.45, 7) is 11.9. The van der Waals surface area contributed by atoms with Crippen LogP contribution in [0, 0.1) is 11.3 Å². The molecule has 1 fully saturated rings. The zero-order chi connectivity index (χ0) is 24.9. The Kier molecular flexibility index (Phi) is 7.83. The van der Waals surface area contributed by atoms with Gasteiger partial charge in [-0.2, -0.15) is 5.26 Å². The van der Waals surface area contributed by atoms with Crippen molar-refractivity contribution in [2.45, 2.75) is 58.7 Å². The van der Waals surface area contributed by atoms with Crippen molar-refractivity contribution in [3.8, 4) is 17.5 Å². The van der Waals surface area contributed by atoms with Crippen molar-refractivity contribution in [3.63, 3.8) is 0 Å². The number of nitriles is 1. The molecule has 9 nitrogen and oxygen atoms in total. The zero-order valence-electron chi connectivity index (χ0n) is 21.0. The summed E-state index contributed by atoms with van der Waals surface area (Å²) in [5.41, 5.74) is 3.67. The van der Waals surface area contributed by atoms with Gasteiger partial charge in [-0.3, -0.25) is 4.90 Å². The molecule has 0 bridgehead atoms. The summed E-state index contributed by atoms with van der Waals surface area (Å²) in [6, 6.07) is 10.2. The number of anilines is 2. The fourth-order valence-electron chi connectivity index (χ4n) is 4.92. The van der Waals surface area contributed by atoms with Crippen LogP contribution in [0.3, 0.4) is 0 Å². The highest BCUT2D eigenvalue weighted by Crippen LogP contribution is 2.38. The largest absolute Gasteiger partial charge is 0.377 e. The number of morpholine rings is 1. The lowest BCUT2D eigenvalue weighted by Gasteiger charge is -2.41. The molecule has 35 heavy (non-hydrogen) atoms. The lowest BCUT2D eigenvalue weighted by atomic mass is 9.93. The molecule has 0 aliphatic carbocycles. The SMILES string of the molecule is CCNC(=O)Nc1ccc(-c2nc3c(c(N4CCOC[C@@H]4C)n2)CCN(C(C)C)C3CC#N)cc1. The predicted molar refractivity (Wildman–Crippen MR) is 136 cm³/mol. The minimum absolute atomic E-state index is 0.0701. The van der Waals surface area contributed by atoms with E-state index in [0.29, 0.717) is 43.7 Å². The van der Waals surface area contributed by atoms with Crippen LogP contribution >= 0.6 is 0 Å². The zero-order valence-corrected chi connectivity index (χ0v) is 21.0. The molecular formula is C26H35N7O2. The molecule has 2 aliphatic heterocycles. The summed E-state index contributed by atoms with van der Waals surface area (Å²) < 4.78 is 5.69. The Balaban J connectivity index is 1.77. The highest BCUT2D eigenvalue weighted by Gasteiger charge is 2.35. The van der Waals surface area contributed by atoms with Gasteiger partial charge < -0.3 is 20.3 Å². The van der Waals surface area contributed by atoms with Gasteiger partial charge in [0.1, 0.15) is 5.82 Å². The average molecular weight is 478 g/mol. The number of carbonyl (C=O) groups is 1. The maximum absolute atomic E-state index is 11.9. The van der Waals surface area contributed by atoms with Crippen LogP contribution in [-0.4, -0.2) is 65.8 Å². The molecule has 2 amide bonds. The Bertz CT molecular complexity index is 1080. The van der Waals surface area contributed by atoms with Crippen LogP contribution in [0.4, 0.5) is 16.3 Å². The van der Waals surface area contributed by atoms with Crippen molar-refractivity contribution in [2.24, 2.45) is 0 Å². The summed E-state index contributed by atoms with van der Waals surface area (Å²) >= 11 is 0. The Morgan fingerprint density at radius 3 is 2.69 bits per heavy atom. The smallest absolute Gasteiger partial charge is 0.319 e. The molecule has 1 aromatic heterocycles. The van der Waals surface area contributed by atoms with Crippen molar-refractivity contribution in [3.05, 3.63) is 35.5 Å². The second-order valence-corrected chi connectivity index (χ2v) is 9.37. The first kappa shape index (κ1) is 24.9. The van der Waals surface area contributed by atoms with E-state index >= 15 is 0 Å². The number of hydrogen-bond acceptors (Lipinski definition) is 7. The number of ether oxygens (including phenoxy) is 1. The molecule has 186 valence electrons. The van der Waals surface area contributed by atoms with Crippen molar-refractivity contribution < 1.29 is 9.53 Å². The minimum Gasteiger partial charge on any atom is -0.377 e. The third kappa shape index (κ3) is 5.39. The average Bonchev–Trinajstić information content (AvgIpc) is 2.84. The maximum atomic E-state index is 11.9. The molecule has 9 heteroatoms. The second-order valence-electron chi connectivity index (χ2n) is 9.37. The van der Waals surface area contributed by atoms with Gasteiger partial charge >= 0.3 is 6.03 Å². The van der Waals surface area contributed by atoms with Crippen molar-refractivity contribution in [1.29, 1.82) is 5.26 Å². The van der Waals surface area contributed by atoms with Gasteiger partial charge in [-0.1, -0.05) is 0 Å². The van der Waals surface area contributed by atoms with E-state index in [1.807, 2.05) is 31.2 Å². The van der Waals surface area contributed by atoms with Crippen molar-refractivity contribution in [2.75, 3.05) is 43.1 Å². The summed E-state index contributed by atoms with van der Waals surface area (Å²) in [4.78, 5) is 26.7. The monoisotopic (exact) mass is 477 g/mol. The minimum atomic E-state index is -0.234. The molecular weight excluding hydrogens is 442 g/mol. The quantitative estimate of drug-likeness (QED) is 0.653. The molecule has 1 saturated heterocycles. The van der Waals surface area contributed by atoms with E-state index in [2.05, 4.69) is 47.3 Å². The first-order valence-corrected chi connectivity index (χ1v) is 12.5. The van der Waals surface area contributed by atoms with Crippen LogP contribution in [0.5, 0.6) is 0 Å². The fraction of sp³-hybridized carbons (Fsp3) is 0.538. The Labute approximate surface area is 207 Å². The van der Waals surface area contributed by atoms with Crippen LogP contribution < -0.4 is 15.5 Å². The summed E-state index contributed by atoms with van der Waals surface area (Å²) in [7, 11) is 0. The van der Waals surface area contributed by atoms with Gasteiger partial charge in [0.25, 0.3) is 0 Å².